The van der Waals surface area contributed by atoms with Crippen LogP contribution in [0.3, 0.4) is 0 Å². The van der Waals surface area contributed by atoms with Crippen molar-refractivity contribution in [3.05, 3.63) is 71.3 Å². The van der Waals surface area contributed by atoms with E-state index in [1.807, 2.05) is 38.1 Å². The molecule has 0 aromatic heterocycles. The molecular formula is C45H58O11. The van der Waals surface area contributed by atoms with Crippen LogP contribution >= 0.6 is 0 Å². The van der Waals surface area contributed by atoms with Crippen LogP contribution in [0.15, 0.2) is 60.2 Å². The lowest BCUT2D eigenvalue weighted by Crippen LogP contribution is -2.65. The van der Waals surface area contributed by atoms with Gasteiger partial charge in [0.25, 0.3) is 0 Å². The Morgan fingerprint density at radius 3 is 2.18 bits per heavy atom. The van der Waals surface area contributed by atoms with Crippen LogP contribution in [0.5, 0.6) is 11.5 Å². The summed E-state index contributed by atoms with van der Waals surface area (Å²) in [5.41, 5.74) is -0.670. The molecule has 2 aromatic carbocycles. The van der Waals surface area contributed by atoms with Crippen molar-refractivity contribution in [3.8, 4) is 11.5 Å². The number of rotatable bonds is 15. The Morgan fingerprint density at radius 2 is 1.57 bits per heavy atom. The zero-order chi connectivity index (χ0) is 40.0. The van der Waals surface area contributed by atoms with Crippen LogP contribution in [0.1, 0.15) is 76.2 Å². The van der Waals surface area contributed by atoms with Gasteiger partial charge in [0.05, 0.1) is 51.1 Å². The third kappa shape index (κ3) is 6.19. The molecule has 4 bridgehead atoms. The molecule has 0 spiro atoms. The molecule has 4 fully saturated rings. The molecule has 1 heterocycles. The molecular weight excluding hydrogens is 716 g/mol. The SMILES string of the molecule is CCOC(=O)[C@@]12C(C(C)C)=C[C@@H]3C[C@]1(C=O)[C@@H]1CC[C@@H](C)[C@H]1C[C@]32CO[C@@H]1O[C@H](C)[C@@H](OC)[C@@H](OC(=O)c2ccc(OC)cc2)[C@@H]1OCc1ccc(OC)cc1. The van der Waals surface area contributed by atoms with Gasteiger partial charge in [-0.2, -0.15) is 0 Å². The Bertz CT molecular complexity index is 1770. The number of methoxy groups -OCH3 is 3. The summed E-state index contributed by atoms with van der Waals surface area (Å²) in [4.78, 5) is 42.5. The minimum absolute atomic E-state index is 0.00882. The van der Waals surface area contributed by atoms with Crippen LogP contribution in [-0.4, -0.2) is 83.5 Å². The molecule has 0 unspecified atom stereocenters. The van der Waals surface area contributed by atoms with Gasteiger partial charge < -0.3 is 42.7 Å². The first kappa shape index (κ1) is 40.4. The zero-order valence-electron chi connectivity index (χ0n) is 34.0. The van der Waals surface area contributed by atoms with Gasteiger partial charge in [-0.3, -0.25) is 4.79 Å². The lowest BCUT2D eigenvalue weighted by Gasteiger charge is -2.59. The quantitative estimate of drug-likeness (QED) is 0.106. The van der Waals surface area contributed by atoms with Crippen molar-refractivity contribution in [2.24, 2.45) is 45.8 Å². The molecule has 12 atom stereocenters. The maximum absolute atomic E-state index is 14.9. The van der Waals surface area contributed by atoms with Gasteiger partial charge in [0.15, 0.2) is 12.4 Å². The molecule has 11 nitrogen and oxygen atoms in total. The normalized spacial score (nSPS) is 36.8. The Hall–Kier alpha value is -3.77. The monoisotopic (exact) mass is 774 g/mol. The number of fused-ring (bicyclic) bond motifs is 2. The molecule has 3 saturated carbocycles. The number of allylic oxidation sites excluding steroid dienone is 1. The molecule has 0 radical (unpaired) electrons. The number of carbonyl (C=O) groups excluding carboxylic acids is 3. The minimum atomic E-state index is -1.18. The lowest BCUT2D eigenvalue weighted by atomic mass is 9.43. The molecule has 1 aliphatic heterocycles. The summed E-state index contributed by atoms with van der Waals surface area (Å²) in [5.74, 6) is 1.09. The Labute approximate surface area is 330 Å². The highest BCUT2D eigenvalue weighted by Crippen LogP contribution is 2.83. The van der Waals surface area contributed by atoms with Crippen molar-refractivity contribution in [2.75, 3.05) is 34.5 Å². The predicted octanol–water partition coefficient (Wildman–Crippen LogP) is 6.99. The largest absolute Gasteiger partial charge is 0.497 e. The van der Waals surface area contributed by atoms with E-state index in [4.69, 9.17) is 37.9 Å². The number of hydrogen-bond acceptors (Lipinski definition) is 11. The van der Waals surface area contributed by atoms with Gasteiger partial charge in [-0.15, -0.1) is 0 Å². The summed E-state index contributed by atoms with van der Waals surface area (Å²) in [6, 6.07) is 14.2. The first-order valence-electron chi connectivity index (χ1n) is 20.2. The summed E-state index contributed by atoms with van der Waals surface area (Å²) in [5, 5.41) is 0. The topological polar surface area (TPSA) is 125 Å². The fourth-order valence-electron chi connectivity index (χ4n) is 11.7. The van der Waals surface area contributed by atoms with Gasteiger partial charge in [0, 0.05) is 12.5 Å². The maximum atomic E-state index is 14.9. The van der Waals surface area contributed by atoms with Crippen molar-refractivity contribution in [1.29, 1.82) is 0 Å². The van der Waals surface area contributed by atoms with E-state index in [1.54, 1.807) is 45.6 Å². The predicted molar refractivity (Wildman–Crippen MR) is 206 cm³/mol. The van der Waals surface area contributed by atoms with Gasteiger partial charge in [-0.25, -0.2) is 4.79 Å². The van der Waals surface area contributed by atoms with Crippen molar-refractivity contribution < 1.29 is 52.3 Å². The number of benzene rings is 2. The standard InChI is InChI=1S/C45H58O11/c1-9-52-42(48)45-36(26(2)3)20-31-21-43(45,24-46)35-19-10-27(4)34(35)22-44(31,45)25-54-41-39(53-23-29-11-15-32(49-6)16-12-29)38(37(51-8)28(5)55-41)56-40(47)30-13-17-33(50-7)18-14-30/h11-18,20,24,26-28,31,34-35,37-39,41H,9-10,19,21-23,25H2,1-8H3/t27-,28-,31-,34-,35-,37-,38-,39+,41-,43+,44+,45+/m1/s1. The molecule has 5 aliphatic rings. The number of aldehydes is 1. The summed E-state index contributed by atoms with van der Waals surface area (Å²) in [7, 11) is 4.73. The highest BCUT2D eigenvalue weighted by Gasteiger charge is 2.84. The van der Waals surface area contributed by atoms with E-state index in [2.05, 4.69) is 26.8 Å². The Morgan fingerprint density at radius 1 is 0.893 bits per heavy atom. The summed E-state index contributed by atoms with van der Waals surface area (Å²) in [6.45, 7) is 10.6. The molecule has 7 rings (SSSR count). The van der Waals surface area contributed by atoms with Crippen LogP contribution in [0.2, 0.25) is 0 Å². The minimum Gasteiger partial charge on any atom is -0.497 e. The van der Waals surface area contributed by atoms with Crippen LogP contribution in [-0.2, 0) is 44.6 Å². The Kier molecular flexibility index (Phi) is 11.5. The summed E-state index contributed by atoms with van der Waals surface area (Å²) >= 11 is 0. The number of esters is 2. The summed E-state index contributed by atoms with van der Waals surface area (Å²) in [6.07, 6.45) is 2.44. The average molecular weight is 775 g/mol. The highest BCUT2D eigenvalue weighted by molar-refractivity contribution is 5.92. The van der Waals surface area contributed by atoms with Crippen molar-refractivity contribution in [2.45, 2.75) is 97.6 Å². The number of ether oxygens (including phenoxy) is 8. The second-order valence-corrected chi connectivity index (χ2v) is 16.8. The smallest absolute Gasteiger partial charge is 0.338 e. The molecule has 4 aliphatic carbocycles. The molecule has 0 amide bonds. The van der Waals surface area contributed by atoms with E-state index in [0.717, 1.165) is 36.7 Å². The van der Waals surface area contributed by atoms with Crippen molar-refractivity contribution in [3.63, 3.8) is 0 Å². The van der Waals surface area contributed by atoms with E-state index >= 15 is 0 Å². The molecule has 11 heteroatoms. The molecule has 2 aromatic rings. The molecule has 1 saturated heterocycles. The van der Waals surface area contributed by atoms with Gasteiger partial charge in [0.1, 0.15) is 35.4 Å². The van der Waals surface area contributed by atoms with Gasteiger partial charge >= 0.3 is 11.9 Å². The fraction of sp³-hybridized carbons (Fsp3) is 0.622. The average Bonchev–Trinajstić information content (AvgIpc) is 3.77. The first-order chi connectivity index (χ1) is 26.9. The van der Waals surface area contributed by atoms with E-state index in [-0.39, 0.29) is 49.5 Å². The van der Waals surface area contributed by atoms with E-state index in [9.17, 15) is 14.4 Å². The summed E-state index contributed by atoms with van der Waals surface area (Å²) < 4.78 is 49.3. The van der Waals surface area contributed by atoms with Gasteiger partial charge in [0.2, 0.25) is 0 Å². The maximum Gasteiger partial charge on any atom is 0.338 e. The van der Waals surface area contributed by atoms with E-state index in [1.165, 1.54) is 0 Å². The molecule has 304 valence electrons. The van der Waals surface area contributed by atoms with Crippen LogP contribution in [0.4, 0.5) is 0 Å². The zero-order valence-corrected chi connectivity index (χ0v) is 34.0. The second-order valence-electron chi connectivity index (χ2n) is 16.8. The number of hydrogen-bond donors (Lipinski definition) is 0. The molecule has 0 N–H and O–H groups in total. The van der Waals surface area contributed by atoms with Crippen molar-refractivity contribution >= 4 is 18.2 Å². The Balaban J connectivity index is 1.27. The lowest BCUT2D eigenvalue weighted by molar-refractivity contribution is -0.316. The van der Waals surface area contributed by atoms with Crippen LogP contribution in [0, 0.1) is 45.8 Å². The van der Waals surface area contributed by atoms with Gasteiger partial charge in [-0.05, 0) is 105 Å². The third-order valence-electron chi connectivity index (χ3n) is 14.1. The van der Waals surface area contributed by atoms with Gasteiger partial charge in [-0.1, -0.05) is 51.0 Å². The van der Waals surface area contributed by atoms with Crippen molar-refractivity contribution in [1.82, 2.24) is 0 Å². The van der Waals surface area contributed by atoms with Crippen LogP contribution in [0.25, 0.3) is 0 Å². The van der Waals surface area contributed by atoms with E-state index < -0.39 is 52.9 Å². The highest BCUT2D eigenvalue weighted by atomic mass is 16.7. The second kappa shape index (κ2) is 15.9. The van der Waals surface area contributed by atoms with Crippen LogP contribution < -0.4 is 9.47 Å². The van der Waals surface area contributed by atoms with E-state index in [0.29, 0.717) is 29.4 Å². The fourth-order valence-corrected chi connectivity index (χ4v) is 11.7. The molecule has 56 heavy (non-hydrogen) atoms. The first-order valence-corrected chi connectivity index (χ1v) is 20.2. The third-order valence-corrected chi connectivity index (χ3v) is 14.1. The number of carbonyl (C=O) groups is 3.